The molecule has 0 aliphatic carbocycles. The van der Waals surface area contributed by atoms with Crippen LogP contribution in [0, 0.1) is 0 Å². The van der Waals surface area contributed by atoms with Crippen molar-refractivity contribution in [2.45, 2.75) is 11.4 Å². The highest BCUT2D eigenvalue weighted by molar-refractivity contribution is 7.92. The Hall–Kier alpha value is -3.52. The first kappa shape index (κ1) is 19.8. The van der Waals surface area contributed by atoms with Crippen LogP contribution in [0.2, 0.25) is 0 Å². The Labute approximate surface area is 174 Å². The number of benzene rings is 3. The summed E-state index contributed by atoms with van der Waals surface area (Å²) in [6.45, 7) is 0.523. The molecule has 3 aromatic carbocycles. The van der Waals surface area contributed by atoms with E-state index in [1.165, 1.54) is 32.5 Å². The van der Waals surface area contributed by atoms with E-state index >= 15 is 0 Å². The van der Waals surface area contributed by atoms with E-state index < -0.39 is 10.0 Å². The van der Waals surface area contributed by atoms with E-state index in [-0.39, 0.29) is 10.6 Å². The van der Waals surface area contributed by atoms with Crippen LogP contribution in [0.3, 0.4) is 0 Å². The molecule has 0 atom stereocenters. The van der Waals surface area contributed by atoms with Crippen molar-refractivity contribution < 1.29 is 17.9 Å². The number of hydrogen-bond acceptors (Lipinski definition) is 5. The second-order valence-electron chi connectivity index (χ2n) is 6.69. The maximum atomic E-state index is 12.9. The van der Waals surface area contributed by atoms with Gasteiger partial charge in [-0.2, -0.15) is 5.10 Å². The van der Waals surface area contributed by atoms with E-state index in [9.17, 15) is 8.42 Å². The lowest BCUT2D eigenvalue weighted by molar-refractivity contribution is 0.386. The number of nitrogens with one attached hydrogen (secondary N) is 1. The molecule has 0 aliphatic rings. The Morgan fingerprint density at radius 2 is 1.80 bits per heavy atom. The van der Waals surface area contributed by atoms with E-state index in [4.69, 9.17) is 9.47 Å². The Balaban J connectivity index is 1.57. The molecular formula is C22H21N3O4S. The third-order valence-electron chi connectivity index (χ3n) is 4.76. The van der Waals surface area contributed by atoms with Gasteiger partial charge in [0.05, 0.1) is 32.6 Å². The predicted octanol–water partition coefficient (Wildman–Crippen LogP) is 3.90. The second kappa shape index (κ2) is 8.08. The molecule has 154 valence electrons. The number of nitrogens with zero attached hydrogens (tertiary/aromatic N) is 2. The van der Waals surface area contributed by atoms with Gasteiger partial charge in [-0.1, -0.05) is 42.5 Å². The average molecular weight is 423 g/mol. The van der Waals surface area contributed by atoms with Gasteiger partial charge < -0.3 is 9.47 Å². The molecule has 0 bridgehead atoms. The molecule has 0 aliphatic heterocycles. The van der Waals surface area contributed by atoms with Gasteiger partial charge in [-0.25, -0.2) is 8.42 Å². The van der Waals surface area contributed by atoms with E-state index in [2.05, 4.69) is 28.0 Å². The van der Waals surface area contributed by atoms with Crippen molar-refractivity contribution in [2.24, 2.45) is 0 Å². The zero-order chi connectivity index (χ0) is 21.1. The van der Waals surface area contributed by atoms with E-state index in [0.29, 0.717) is 18.0 Å². The topological polar surface area (TPSA) is 82.5 Å². The summed E-state index contributed by atoms with van der Waals surface area (Å²) in [7, 11) is -0.941. The van der Waals surface area contributed by atoms with Crippen molar-refractivity contribution in [3.05, 3.63) is 78.6 Å². The number of aromatic nitrogens is 2. The van der Waals surface area contributed by atoms with Crippen molar-refractivity contribution in [3.8, 4) is 11.5 Å². The minimum absolute atomic E-state index is 0.0209. The summed E-state index contributed by atoms with van der Waals surface area (Å²) >= 11 is 0. The van der Waals surface area contributed by atoms with Gasteiger partial charge in [-0.15, -0.1) is 0 Å². The van der Waals surface area contributed by atoms with Crippen LogP contribution >= 0.6 is 0 Å². The van der Waals surface area contributed by atoms with Gasteiger partial charge in [0, 0.05) is 12.3 Å². The molecule has 1 N–H and O–H groups in total. The minimum atomic E-state index is -3.86. The second-order valence-corrected chi connectivity index (χ2v) is 8.34. The molecule has 1 aromatic heterocycles. The fraction of sp³-hybridized carbons (Fsp3) is 0.136. The van der Waals surface area contributed by atoms with E-state index in [0.717, 1.165) is 16.3 Å². The number of hydrogen-bond donors (Lipinski definition) is 1. The molecule has 0 radical (unpaired) electrons. The average Bonchev–Trinajstić information content (AvgIpc) is 3.19. The number of methoxy groups -OCH3 is 2. The summed E-state index contributed by atoms with van der Waals surface area (Å²) in [6.07, 6.45) is 3.15. The van der Waals surface area contributed by atoms with Crippen LogP contribution in [0.1, 0.15) is 5.56 Å². The normalized spacial score (nSPS) is 11.4. The standard InChI is InChI=1S/C22H21N3O4S/c1-28-19-10-11-22(21(12-19)29-2)30(26,27)24-18-13-23-25(15-18)14-17-8-5-7-16-6-3-4-9-20(16)17/h3-13,15,24H,14H2,1-2H3. The Kier molecular flexibility index (Phi) is 5.33. The molecule has 1 heterocycles. The molecule has 0 fully saturated rings. The van der Waals surface area contributed by atoms with Crippen LogP contribution in [0.5, 0.6) is 11.5 Å². The molecule has 0 spiro atoms. The highest BCUT2D eigenvalue weighted by atomic mass is 32.2. The van der Waals surface area contributed by atoms with Crippen LogP contribution < -0.4 is 14.2 Å². The van der Waals surface area contributed by atoms with Crippen LogP contribution in [0.4, 0.5) is 5.69 Å². The fourth-order valence-electron chi connectivity index (χ4n) is 3.31. The van der Waals surface area contributed by atoms with Gasteiger partial charge in [-0.05, 0) is 28.5 Å². The zero-order valence-corrected chi connectivity index (χ0v) is 17.4. The lowest BCUT2D eigenvalue weighted by Gasteiger charge is -2.11. The van der Waals surface area contributed by atoms with Crippen LogP contribution in [-0.4, -0.2) is 32.4 Å². The maximum Gasteiger partial charge on any atom is 0.265 e. The number of rotatable bonds is 7. The predicted molar refractivity (Wildman–Crippen MR) is 116 cm³/mol. The maximum absolute atomic E-state index is 12.9. The van der Waals surface area contributed by atoms with Crippen molar-refractivity contribution in [3.63, 3.8) is 0 Å². The van der Waals surface area contributed by atoms with Crippen LogP contribution in [-0.2, 0) is 16.6 Å². The molecule has 30 heavy (non-hydrogen) atoms. The summed E-state index contributed by atoms with van der Waals surface area (Å²) in [5, 5.41) is 6.59. The fourth-order valence-corrected chi connectivity index (χ4v) is 4.49. The third-order valence-corrected chi connectivity index (χ3v) is 6.18. The lowest BCUT2D eigenvalue weighted by atomic mass is 10.0. The minimum Gasteiger partial charge on any atom is -0.497 e. The summed E-state index contributed by atoms with van der Waals surface area (Å²) in [5.74, 6) is 0.707. The molecular weight excluding hydrogens is 402 g/mol. The molecule has 0 saturated heterocycles. The summed E-state index contributed by atoms with van der Waals surface area (Å²) in [6, 6.07) is 18.8. The molecule has 0 unspecified atom stereocenters. The zero-order valence-electron chi connectivity index (χ0n) is 16.6. The van der Waals surface area contributed by atoms with E-state index in [1.54, 1.807) is 16.9 Å². The smallest absolute Gasteiger partial charge is 0.265 e. The number of anilines is 1. The lowest BCUT2D eigenvalue weighted by Crippen LogP contribution is -2.13. The third kappa shape index (κ3) is 3.95. The largest absolute Gasteiger partial charge is 0.497 e. The van der Waals surface area contributed by atoms with Gasteiger partial charge in [0.2, 0.25) is 0 Å². The van der Waals surface area contributed by atoms with Crippen molar-refractivity contribution in [2.75, 3.05) is 18.9 Å². The number of sulfonamides is 1. The SMILES string of the molecule is COc1ccc(S(=O)(=O)Nc2cnn(Cc3cccc4ccccc34)c2)c(OC)c1. The first-order valence-electron chi connectivity index (χ1n) is 9.24. The van der Waals surface area contributed by atoms with Gasteiger partial charge in [0.1, 0.15) is 16.4 Å². The van der Waals surface area contributed by atoms with Crippen LogP contribution in [0.25, 0.3) is 10.8 Å². The molecule has 4 rings (SSSR count). The van der Waals surface area contributed by atoms with Gasteiger partial charge in [-0.3, -0.25) is 9.40 Å². The van der Waals surface area contributed by atoms with Crippen molar-refractivity contribution in [1.82, 2.24) is 9.78 Å². The Morgan fingerprint density at radius 1 is 1.00 bits per heavy atom. The molecule has 0 saturated carbocycles. The molecule has 7 nitrogen and oxygen atoms in total. The summed E-state index contributed by atoms with van der Waals surface area (Å²) in [4.78, 5) is 0.0209. The quantitative estimate of drug-likeness (QED) is 0.487. The highest BCUT2D eigenvalue weighted by Gasteiger charge is 2.21. The van der Waals surface area contributed by atoms with Gasteiger partial charge >= 0.3 is 0 Å². The summed E-state index contributed by atoms with van der Waals surface area (Å²) in [5.41, 5.74) is 1.47. The summed E-state index contributed by atoms with van der Waals surface area (Å²) < 4.78 is 40.3. The highest BCUT2D eigenvalue weighted by Crippen LogP contribution is 2.29. The van der Waals surface area contributed by atoms with Crippen LogP contribution in [0.15, 0.2) is 78.0 Å². The molecule has 0 amide bonds. The van der Waals surface area contributed by atoms with Crippen molar-refractivity contribution >= 4 is 26.5 Å². The van der Waals surface area contributed by atoms with Gasteiger partial charge in [0.15, 0.2) is 0 Å². The van der Waals surface area contributed by atoms with Gasteiger partial charge in [0.25, 0.3) is 10.0 Å². The number of ether oxygens (including phenoxy) is 2. The Morgan fingerprint density at radius 3 is 2.60 bits per heavy atom. The number of fused-ring (bicyclic) bond motifs is 1. The Bertz CT molecular complexity index is 1290. The van der Waals surface area contributed by atoms with Crippen molar-refractivity contribution in [1.29, 1.82) is 0 Å². The first-order chi connectivity index (χ1) is 14.5. The monoisotopic (exact) mass is 423 g/mol. The van der Waals surface area contributed by atoms with E-state index in [1.807, 2.05) is 24.3 Å². The first-order valence-corrected chi connectivity index (χ1v) is 10.7. The molecule has 4 aromatic rings. The molecule has 8 heteroatoms.